The third-order valence-electron chi connectivity index (χ3n) is 3.84. The Kier molecular flexibility index (Phi) is 5.25. The van der Waals surface area contributed by atoms with Crippen molar-refractivity contribution in [1.82, 2.24) is 19.9 Å². The molecule has 2 aromatic heterocycles. The quantitative estimate of drug-likeness (QED) is 0.642. The van der Waals surface area contributed by atoms with Gasteiger partial charge in [-0.1, -0.05) is 30.3 Å². The number of carbonyl (C=O) groups is 1. The van der Waals surface area contributed by atoms with Gasteiger partial charge in [0.1, 0.15) is 5.52 Å². The zero-order valence-corrected chi connectivity index (χ0v) is 14.1. The van der Waals surface area contributed by atoms with E-state index in [1.54, 1.807) is 10.6 Å². The number of aromatic nitrogens is 3. The number of imidazole rings is 1. The van der Waals surface area contributed by atoms with Gasteiger partial charge in [-0.2, -0.15) is 0 Å². The highest BCUT2D eigenvalue weighted by Gasteiger charge is 2.12. The van der Waals surface area contributed by atoms with Crippen LogP contribution >= 0.6 is 0 Å². The van der Waals surface area contributed by atoms with Crippen LogP contribution in [0.1, 0.15) is 22.8 Å². The van der Waals surface area contributed by atoms with Gasteiger partial charge in [-0.15, -0.1) is 0 Å². The van der Waals surface area contributed by atoms with E-state index < -0.39 is 0 Å². The van der Waals surface area contributed by atoms with E-state index in [4.69, 9.17) is 10.5 Å². The molecule has 1 amide bonds. The van der Waals surface area contributed by atoms with Crippen LogP contribution in [0.4, 0.5) is 5.95 Å². The lowest BCUT2D eigenvalue weighted by Crippen LogP contribution is -2.27. The van der Waals surface area contributed by atoms with E-state index in [0.29, 0.717) is 49.0 Å². The minimum absolute atomic E-state index is 0.206. The molecule has 0 aliphatic carbocycles. The van der Waals surface area contributed by atoms with Crippen LogP contribution in [0, 0.1) is 0 Å². The van der Waals surface area contributed by atoms with Crippen LogP contribution in [0.3, 0.4) is 0 Å². The number of pyridine rings is 1. The number of ether oxygens (including phenoxy) is 1. The van der Waals surface area contributed by atoms with E-state index in [0.717, 1.165) is 5.56 Å². The van der Waals surface area contributed by atoms with Crippen LogP contribution in [0.5, 0.6) is 0 Å². The van der Waals surface area contributed by atoms with Gasteiger partial charge in [-0.05, 0) is 18.6 Å². The average molecular weight is 339 g/mol. The lowest BCUT2D eigenvalue weighted by Gasteiger charge is -2.07. The Bertz CT molecular complexity index is 861. The summed E-state index contributed by atoms with van der Waals surface area (Å²) in [4.78, 5) is 20.8. The number of nitrogen functional groups attached to an aromatic ring is 1. The summed E-state index contributed by atoms with van der Waals surface area (Å²) in [5.74, 6) is 0.194. The highest BCUT2D eigenvalue weighted by Crippen LogP contribution is 2.16. The van der Waals surface area contributed by atoms with Crippen LogP contribution < -0.4 is 11.1 Å². The van der Waals surface area contributed by atoms with Crippen molar-refractivity contribution in [1.29, 1.82) is 0 Å². The number of anilines is 1. The second-order valence-electron chi connectivity index (χ2n) is 5.58. The number of hydrogen-bond acceptors (Lipinski definition) is 5. The van der Waals surface area contributed by atoms with E-state index in [1.165, 1.54) is 6.20 Å². The monoisotopic (exact) mass is 339 g/mol. The van der Waals surface area contributed by atoms with Gasteiger partial charge in [0.05, 0.1) is 18.8 Å². The van der Waals surface area contributed by atoms with Crippen LogP contribution in [0.15, 0.2) is 42.6 Å². The Labute approximate surface area is 145 Å². The number of nitrogens with two attached hydrogens (primary N) is 1. The fourth-order valence-electron chi connectivity index (χ4n) is 2.57. The minimum atomic E-state index is -0.206. The average Bonchev–Trinajstić information content (AvgIpc) is 2.96. The zero-order valence-electron chi connectivity index (χ0n) is 14.1. The molecule has 0 aliphatic heterocycles. The molecule has 1 aromatic carbocycles. The number of amides is 1. The topological polar surface area (TPSA) is 95.1 Å². The van der Waals surface area contributed by atoms with E-state index >= 15 is 0 Å². The summed E-state index contributed by atoms with van der Waals surface area (Å²) in [5, 5.41) is 2.82. The van der Waals surface area contributed by atoms with Crippen molar-refractivity contribution < 1.29 is 9.53 Å². The highest BCUT2D eigenvalue weighted by atomic mass is 16.5. The van der Waals surface area contributed by atoms with Crippen molar-refractivity contribution in [3.8, 4) is 0 Å². The summed E-state index contributed by atoms with van der Waals surface area (Å²) in [6, 6.07) is 11.6. The lowest BCUT2D eigenvalue weighted by atomic mass is 10.2. The Balaban J connectivity index is 1.52. The Hall–Kier alpha value is -2.93. The van der Waals surface area contributed by atoms with Gasteiger partial charge in [-0.3, -0.25) is 9.36 Å². The van der Waals surface area contributed by atoms with Gasteiger partial charge < -0.3 is 15.8 Å². The van der Waals surface area contributed by atoms with Gasteiger partial charge >= 0.3 is 0 Å². The van der Waals surface area contributed by atoms with E-state index in [2.05, 4.69) is 15.3 Å². The van der Waals surface area contributed by atoms with E-state index in [1.807, 2.05) is 37.3 Å². The first-order chi connectivity index (χ1) is 12.2. The number of hydrogen-bond donors (Lipinski definition) is 2. The number of carbonyl (C=O) groups excluding carboxylic acids is 1. The number of benzene rings is 1. The molecule has 130 valence electrons. The molecule has 0 bridgehead atoms. The smallest absolute Gasteiger partial charge is 0.253 e. The molecular formula is C18H21N5O2. The van der Waals surface area contributed by atoms with Crippen molar-refractivity contribution in [2.24, 2.45) is 0 Å². The first-order valence-corrected chi connectivity index (χ1v) is 8.20. The number of nitrogens with one attached hydrogen (secondary N) is 1. The molecule has 0 unspecified atom stereocenters. The first kappa shape index (κ1) is 16.9. The number of nitrogens with zero attached hydrogens (tertiary/aromatic N) is 3. The summed E-state index contributed by atoms with van der Waals surface area (Å²) in [5.41, 5.74) is 8.71. The molecule has 25 heavy (non-hydrogen) atoms. The summed E-state index contributed by atoms with van der Waals surface area (Å²) < 4.78 is 7.35. The van der Waals surface area contributed by atoms with Crippen molar-refractivity contribution in [3.05, 3.63) is 53.7 Å². The van der Waals surface area contributed by atoms with Crippen LogP contribution in [0.25, 0.3) is 11.2 Å². The molecule has 0 aliphatic rings. The largest absolute Gasteiger partial charge is 0.375 e. The van der Waals surface area contributed by atoms with E-state index in [9.17, 15) is 4.79 Å². The number of rotatable bonds is 7. The predicted molar refractivity (Wildman–Crippen MR) is 96.0 cm³/mol. The van der Waals surface area contributed by atoms with Gasteiger partial charge in [0, 0.05) is 19.3 Å². The van der Waals surface area contributed by atoms with Gasteiger partial charge in [0.2, 0.25) is 5.95 Å². The van der Waals surface area contributed by atoms with Crippen LogP contribution in [0.2, 0.25) is 0 Å². The molecule has 3 N–H and O–H groups in total. The van der Waals surface area contributed by atoms with Crippen molar-refractivity contribution >= 4 is 23.0 Å². The zero-order chi connectivity index (χ0) is 17.6. The van der Waals surface area contributed by atoms with E-state index in [-0.39, 0.29) is 5.91 Å². The molecule has 2 heterocycles. The summed E-state index contributed by atoms with van der Waals surface area (Å²) in [7, 11) is 0. The first-order valence-electron chi connectivity index (χ1n) is 8.20. The molecular weight excluding hydrogens is 318 g/mol. The maximum absolute atomic E-state index is 12.2. The Morgan fingerprint density at radius 3 is 2.88 bits per heavy atom. The Morgan fingerprint density at radius 2 is 2.12 bits per heavy atom. The third-order valence-corrected chi connectivity index (χ3v) is 3.84. The molecule has 3 aromatic rings. The fourth-order valence-corrected chi connectivity index (χ4v) is 2.57. The summed E-state index contributed by atoms with van der Waals surface area (Å²) in [6.07, 6.45) is 1.54. The van der Waals surface area contributed by atoms with Crippen molar-refractivity contribution in [3.63, 3.8) is 0 Å². The second kappa shape index (κ2) is 7.76. The highest BCUT2D eigenvalue weighted by molar-refractivity contribution is 5.96. The normalized spacial score (nSPS) is 10.9. The van der Waals surface area contributed by atoms with Gasteiger partial charge in [0.15, 0.2) is 5.65 Å². The molecule has 7 nitrogen and oxygen atoms in total. The second-order valence-corrected chi connectivity index (χ2v) is 5.58. The molecule has 3 rings (SSSR count). The predicted octanol–water partition coefficient (Wildman–Crippen LogP) is 1.98. The van der Waals surface area contributed by atoms with Crippen LogP contribution in [-0.4, -0.2) is 33.6 Å². The van der Waals surface area contributed by atoms with Crippen molar-refractivity contribution in [2.75, 3.05) is 18.9 Å². The molecule has 0 saturated heterocycles. The molecule has 0 spiro atoms. The maximum Gasteiger partial charge on any atom is 0.253 e. The third kappa shape index (κ3) is 3.95. The number of aryl methyl sites for hydroxylation is 1. The number of fused-ring (bicyclic) bond motifs is 1. The minimum Gasteiger partial charge on any atom is -0.375 e. The Morgan fingerprint density at radius 1 is 1.32 bits per heavy atom. The van der Waals surface area contributed by atoms with Gasteiger partial charge in [0.25, 0.3) is 5.91 Å². The fraction of sp³-hybridized carbons (Fsp3) is 0.278. The summed E-state index contributed by atoms with van der Waals surface area (Å²) in [6.45, 7) is 4.04. The molecule has 0 saturated carbocycles. The molecule has 0 radical (unpaired) electrons. The SMILES string of the molecule is CCn1c(N)nc2cc(C(=O)NCCOCc3ccccc3)cnc21. The molecule has 7 heteroatoms. The lowest BCUT2D eigenvalue weighted by molar-refractivity contribution is 0.0900. The molecule has 0 fully saturated rings. The van der Waals surface area contributed by atoms with Crippen molar-refractivity contribution in [2.45, 2.75) is 20.1 Å². The molecule has 0 atom stereocenters. The maximum atomic E-state index is 12.2. The standard InChI is InChI=1S/C18H21N5O2/c1-2-23-16-15(22-18(23)19)10-14(11-21-16)17(24)20-8-9-25-12-13-6-4-3-5-7-13/h3-7,10-11H,2,8-9,12H2,1H3,(H2,19,22)(H,20,24). The van der Waals surface area contributed by atoms with Gasteiger partial charge in [-0.25, -0.2) is 9.97 Å². The van der Waals surface area contributed by atoms with Crippen LogP contribution in [-0.2, 0) is 17.9 Å². The summed E-state index contributed by atoms with van der Waals surface area (Å²) >= 11 is 0.